The van der Waals surface area contributed by atoms with Crippen LogP contribution < -0.4 is 4.74 Å². The molecule has 2 N–H and O–H groups in total. The zero-order valence-electron chi connectivity index (χ0n) is 8.72. The molecule has 0 heterocycles. The molecule has 0 saturated heterocycles. The molecule has 0 aliphatic heterocycles. The fourth-order valence-electron chi connectivity index (χ4n) is 1.35. The number of halogens is 1. The predicted octanol–water partition coefficient (Wildman–Crippen LogP) is 1.14. The number of nitrogens with zero attached hydrogens (tertiary/aromatic N) is 1. The fourth-order valence-corrected chi connectivity index (χ4v) is 1.35. The van der Waals surface area contributed by atoms with Crippen LogP contribution >= 0.6 is 0 Å². The molecule has 1 rings (SSSR count). The van der Waals surface area contributed by atoms with Crippen LogP contribution in [0.2, 0.25) is 0 Å². The molecule has 0 aliphatic rings. The van der Waals surface area contributed by atoms with Crippen LogP contribution in [0.25, 0.3) is 0 Å². The van der Waals surface area contributed by atoms with Crippen LogP contribution in [0.15, 0.2) is 18.2 Å². The molecule has 0 aromatic heterocycles. The number of aliphatic hydroxyl groups excluding tert-OH is 2. The fraction of sp³-hybridized carbons (Fsp3) is 0.364. The van der Waals surface area contributed by atoms with Gasteiger partial charge in [-0.2, -0.15) is 5.26 Å². The Morgan fingerprint density at radius 3 is 2.75 bits per heavy atom. The van der Waals surface area contributed by atoms with Crippen molar-refractivity contribution < 1.29 is 19.3 Å². The smallest absolute Gasteiger partial charge is 0.124 e. The van der Waals surface area contributed by atoms with E-state index < -0.39 is 18.0 Å². The van der Waals surface area contributed by atoms with Crippen molar-refractivity contribution >= 4 is 0 Å². The third-order valence-electron chi connectivity index (χ3n) is 2.18. The van der Waals surface area contributed by atoms with E-state index in [1.807, 2.05) is 0 Å². The summed E-state index contributed by atoms with van der Waals surface area (Å²) in [5.41, 5.74) is 0.130. The highest BCUT2D eigenvalue weighted by Gasteiger charge is 2.22. The van der Waals surface area contributed by atoms with Gasteiger partial charge in [0.05, 0.1) is 25.7 Å². The molecule has 0 bridgehead atoms. The summed E-state index contributed by atoms with van der Waals surface area (Å²) in [5, 5.41) is 27.5. The minimum Gasteiger partial charge on any atom is -0.496 e. The Morgan fingerprint density at radius 2 is 2.19 bits per heavy atom. The quantitative estimate of drug-likeness (QED) is 0.805. The van der Waals surface area contributed by atoms with E-state index in [9.17, 15) is 14.6 Å². The molecule has 1 aromatic carbocycles. The Bertz CT molecular complexity index is 403. The highest BCUT2D eigenvalue weighted by molar-refractivity contribution is 5.36. The van der Waals surface area contributed by atoms with Crippen LogP contribution in [0.4, 0.5) is 4.39 Å². The van der Waals surface area contributed by atoms with Gasteiger partial charge in [-0.1, -0.05) is 0 Å². The summed E-state index contributed by atoms with van der Waals surface area (Å²) in [5.74, 6) is -0.273. The van der Waals surface area contributed by atoms with Gasteiger partial charge in [-0.15, -0.1) is 0 Å². The Balaban J connectivity index is 3.01. The molecule has 0 amide bonds. The average Bonchev–Trinajstić information content (AvgIpc) is 2.28. The molecule has 4 nitrogen and oxygen atoms in total. The zero-order valence-corrected chi connectivity index (χ0v) is 8.72. The zero-order chi connectivity index (χ0) is 12.1. The van der Waals surface area contributed by atoms with E-state index >= 15 is 0 Å². The van der Waals surface area contributed by atoms with Crippen LogP contribution in [0.3, 0.4) is 0 Å². The van der Waals surface area contributed by atoms with E-state index in [0.717, 1.165) is 6.07 Å². The van der Waals surface area contributed by atoms with Crippen molar-refractivity contribution in [2.75, 3.05) is 7.11 Å². The van der Waals surface area contributed by atoms with Crippen molar-refractivity contribution in [3.05, 3.63) is 29.6 Å². The summed E-state index contributed by atoms with van der Waals surface area (Å²) in [4.78, 5) is 0. The van der Waals surface area contributed by atoms with Crippen LogP contribution in [0.1, 0.15) is 18.1 Å². The normalized spacial score (nSPS) is 13.9. The van der Waals surface area contributed by atoms with Crippen molar-refractivity contribution in [1.82, 2.24) is 0 Å². The molecule has 2 unspecified atom stereocenters. The number of methoxy groups -OCH3 is 1. The van der Waals surface area contributed by atoms with E-state index in [-0.39, 0.29) is 17.7 Å². The average molecular weight is 225 g/mol. The van der Waals surface area contributed by atoms with E-state index in [2.05, 4.69) is 0 Å². The second kappa shape index (κ2) is 5.45. The van der Waals surface area contributed by atoms with Crippen molar-refractivity contribution in [3.63, 3.8) is 0 Å². The first-order chi connectivity index (χ1) is 7.60. The van der Waals surface area contributed by atoms with Crippen LogP contribution in [-0.4, -0.2) is 23.4 Å². The second-order valence-corrected chi connectivity index (χ2v) is 3.26. The SMILES string of the molecule is COc1ccc(F)cc1C(O)C(O)CC#N. The summed E-state index contributed by atoms with van der Waals surface area (Å²) in [6, 6.07) is 5.34. The van der Waals surface area contributed by atoms with Gasteiger partial charge in [0, 0.05) is 5.56 Å². The maximum Gasteiger partial charge on any atom is 0.124 e. The van der Waals surface area contributed by atoms with Gasteiger partial charge < -0.3 is 14.9 Å². The standard InChI is InChI=1S/C11H12FNO3/c1-16-10-3-2-7(12)6-8(10)11(15)9(14)4-5-13/h2-3,6,9,11,14-15H,4H2,1H3. The van der Waals surface area contributed by atoms with Gasteiger partial charge in [0.2, 0.25) is 0 Å². The summed E-state index contributed by atoms with van der Waals surface area (Å²) in [6.45, 7) is 0. The van der Waals surface area contributed by atoms with Gasteiger partial charge in [0.15, 0.2) is 0 Å². The first-order valence-corrected chi connectivity index (χ1v) is 4.66. The first kappa shape index (κ1) is 12.4. The molecule has 0 radical (unpaired) electrons. The van der Waals surface area contributed by atoms with Crippen molar-refractivity contribution in [2.24, 2.45) is 0 Å². The van der Waals surface area contributed by atoms with Crippen molar-refractivity contribution in [1.29, 1.82) is 5.26 Å². The Kier molecular flexibility index (Phi) is 4.23. The molecule has 0 aliphatic carbocycles. The Labute approximate surface area is 92.5 Å². The number of hydrogen-bond donors (Lipinski definition) is 2. The summed E-state index contributed by atoms with van der Waals surface area (Å²) < 4.78 is 17.9. The molecule has 2 atom stereocenters. The summed E-state index contributed by atoms with van der Waals surface area (Å²) in [7, 11) is 1.38. The molecular weight excluding hydrogens is 213 g/mol. The maximum absolute atomic E-state index is 13.0. The Morgan fingerprint density at radius 1 is 1.50 bits per heavy atom. The van der Waals surface area contributed by atoms with Crippen LogP contribution in [0.5, 0.6) is 5.75 Å². The maximum atomic E-state index is 13.0. The van der Waals surface area contributed by atoms with Gasteiger partial charge >= 0.3 is 0 Å². The molecule has 16 heavy (non-hydrogen) atoms. The molecule has 0 saturated carbocycles. The lowest BCUT2D eigenvalue weighted by atomic mass is 10.0. The molecule has 1 aromatic rings. The topological polar surface area (TPSA) is 73.5 Å². The monoisotopic (exact) mass is 225 g/mol. The molecule has 0 fully saturated rings. The lowest BCUT2D eigenvalue weighted by Crippen LogP contribution is -2.18. The van der Waals surface area contributed by atoms with E-state index in [1.54, 1.807) is 6.07 Å². The van der Waals surface area contributed by atoms with E-state index in [1.165, 1.54) is 19.2 Å². The van der Waals surface area contributed by atoms with Gasteiger partial charge in [-0.25, -0.2) is 4.39 Å². The number of benzene rings is 1. The highest BCUT2D eigenvalue weighted by Crippen LogP contribution is 2.28. The second-order valence-electron chi connectivity index (χ2n) is 3.26. The molecule has 86 valence electrons. The summed E-state index contributed by atoms with van der Waals surface area (Å²) >= 11 is 0. The number of nitriles is 1. The number of ether oxygens (including phenoxy) is 1. The van der Waals surface area contributed by atoms with Gasteiger partial charge in [-0.05, 0) is 18.2 Å². The predicted molar refractivity (Wildman–Crippen MR) is 54.1 cm³/mol. The highest BCUT2D eigenvalue weighted by atomic mass is 19.1. The lowest BCUT2D eigenvalue weighted by Gasteiger charge is -2.18. The van der Waals surface area contributed by atoms with E-state index in [0.29, 0.717) is 0 Å². The van der Waals surface area contributed by atoms with Crippen molar-refractivity contribution in [2.45, 2.75) is 18.6 Å². The largest absolute Gasteiger partial charge is 0.496 e. The summed E-state index contributed by atoms with van der Waals surface area (Å²) in [6.07, 6.45) is -2.84. The first-order valence-electron chi connectivity index (χ1n) is 4.66. The molecular formula is C11H12FNO3. The van der Waals surface area contributed by atoms with Crippen LogP contribution in [-0.2, 0) is 0 Å². The minimum atomic E-state index is -1.34. The van der Waals surface area contributed by atoms with Crippen LogP contribution in [0, 0.1) is 17.1 Å². The van der Waals surface area contributed by atoms with Gasteiger partial charge in [-0.3, -0.25) is 0 Å². The molecule has 5 heteroatoms. The number of rotatable bonds is 4. The third kappa shape index (κ3) is 2.69. The van der Waals surface area contributed by atoms with Gasteiger partial charge in [0.25, 0.3) is 0 Å². The third-order valence-corrected chi connectivity index (χ3v) is 2.18. The lowest BCUT2D eigenvalue weighted by molar-refractivity contribution is 0.0200. The van der Waals surface area contributed by atoms with E-state index in [4.69, 9.17) is 10.00 Å². The van der Waals surface area contributed by atoms with Crippen molar-refractivity contribution in [3.8, 4) is 11.8 Å². The number of aliphatic hydroxyl groups is 2. The number of hydrogen-bond acceptors (Lipinski definition) is 4. The molecule has 0 spiro atoms. The Hall–Kier alpha value is -1.64. The van der Waals surface area contributed by atoms with Gasteiger partial charge in [0.1, 0.15) is 17.7 Å². The minimum absolute atomic E-state index is 0.130.